The molecule has 0 aliphatic heterocycles. The second kappa shape index (κ2) is 8.99. The summed E-state index contributed by atoms with van der Waals surface area (Å²) in [6.07, 6.45) is -2.48. The Morgan fingerprint density at radius 3 is 1.97 bits per heavy atom. The maximum Gasteiger partial charge on any atom is 0.265 e. The smallest absolute Gasteiger partial charge is 0.265 e. The van der Waals surface area contributed by atoms with E-state index in [1.165, 1.54) is 17.0 Å². The van der Waals surface area contributed by atoms with Gasteiger partial charge in [0.05, 0.1) is 24.3 Å². The first-order chi connectivity index (χ1) is 15.3. The quantitative estimate of drug-likeness (QED) is 0.441. The molecule has 0 heterocycles. The highest BCUT2D eigenvalue weighted by molar-refractivity contribution is 5.93. The Labute approximate surface area is 181 Å². The van der Waals surface area contributed by atoms with Crippen LogP contribution in [-0.2, 0) is 0 Å². The van der Waals surface area contributed by atoms with Gasteiger partial charge < -0.3 is 15.1 Å². The van der Waals surface area contributed by atoms with Crippen molar-refractivity contribution in [3.8, 4) is 0 Å². The Morgan fingerprint density at radius 2 is 1.38 bits per heavy atom. The number of amides is 1. The molecule has 3 aromatic carbocycles. The van der Waals surface area contributed by atoms with Gasteiger partial charge in [-0.25, -0.2) is 18.6 Å². The van der Waals surface area contributed by atoms with Gasteiger partial charge in [-0.1, -0.05) is 18.2 Å². The summed E-state index contributed by atoms with van der Waals surface area (Å²) in [5.74, 6) is -2.67. The number of carbonyl (C=O) groups is 1. The summed E-state index contributed by atoms with van der Waals surface area (Å²) in [6, 6.07) is 14.2. The molecule has 0 saturated heterocycles. The lowest BCUT2D eigenvalue weighted by Crippen LogP contribution is -2.75. The van der Waals surface area contributed by atoms with Crippen LogP contribution in [0.3, 0.4) is 0 Å². The minimum Gasteiger partial charge on any atom is -0.389 e. The van der Waals surface area contributed by atoms with Crippen LogP contribution in [0.15, 0.2) is 72.8 Å². The van der Waals surface area contributed by atoms with Crippen molar-refractivity contribution in [2.24, 2.45) is 0 Å². The van der Waals surface area contributed by atoms with Gasteiger partial charge in [-0.2, -0.15) is 0 Å². The summed E-state index contributed by atoms with van der Waals surface area (Å²) >= 11 is 0. The van der Waals surface area contributed by atoms with E-state index in [1.807, 2.05) is 0 Å². The summed E-state index contributed by atoms with van der Waals surface area (Å²) in [7, 11) is 0. The lowest BCUT2D eigenvalue weighted by molar-refractivity contribution is -0.0873. The van der Waals surface area contributed by atoms with Gasteiger partial charge in [0.15, 0.2) is 0 Å². The Balaban J connectivity index is 1.56. The fraction of sp³-hybridized carbons (Fsp3) is 0.174. The van der Waals surface area contributed by atoms with Crippen LogP contribution < -0.4 is 15.8 Å². The van der Waals surface area contributed by atoms with Gasteiger partial charge in [0, 0.05) is 23.0 Å². The first-order valence-electron chi connectivity index (χ1n) is 9.83. The van der Waals surface area contributed by atoms with Crippen molar-refractivity contribution >= 4 is 17.3 Å². The molecule has 2 unspecified atom stereocenters. The van der Waals surface area contributed by atoms with Crippen molar-refractivity contribution in [2.45, 2.75) is 24.3 Å². The van der Waals surface area contributed by atoms with Crippen LogP contribution in [0, 0.1) is 17.5 Å². The number of nitrogens with one attached hydrogen (secondary N) is 2. The van der Waals surface area contributed by atoms with Crippen LogP contribution in [0.25, 0.3) is 0 Å². The summed E-state index contributed by atoms with van der Waals surface area (Å²) in [4.78, 5) is 13.5. The zero-order chi connectivity index (χ0) is 22.8. The molecular formula is C23H20F3N3O3. The van der Waals surface area contributed by atoms with E-state index >= 15 is 0 Å². The van der Waals surface area contributed by atoms with E-state index in [4.69, 9.17) is 0 Å². The number of rotatable bonds is 6. The van der Waals surface area contributed by atoms with Crippen LogP contribution in [0.4, 0.5) is 24.5 Å². The van der Waals surface area contributed by atoms with E-state index in [-0.39, 0.29) is 5.69 Å². The molecule has 0 spiro atoms. The molecule has 4 N–H and O–H groups in total. The van der Waals surface area contributed by atoms with Crippen LogP contribution >= 0.6 is 0 Å². The van der Waals surface area contributed by atoms with Gasteiger partial charge in [-0.15, -0.1) is 0 Å². The summed E-state index contributed by atoms with van der Waals surface area (Å²) < 4.78 is 41.2. The number of nitrogens with zero attached hydrogens (tertiary/aromatic N) is 1. The van der Waals surface area contributed by atoms with E-state index in [1.54, 1.807) is 30.3 Å². The number of hydrogen-bond acceptors (Lipinski definition) is 5. The zero-order valence-electron chi connectivity index (χ0n) is 16.6. The predicted molar refractivity (Wildman–Crippen MR) is 112 cm³/mol. The fourth-order valence-corrected chi connectivity index (χ4v) is 3.74. The second-order valence-corrected chi connectivity index (χ2v) is 7.44. The van der Waals surface area contributed by atoms with Crippen molar-refractivity contribution in [3.05, 3.63) is 95.8 Å². The molecule has 1 aliphatic rings. The van der Waals surface area contributed by atoms with Crippen LogP contribution in [0.2, 0.25) is 0 Å². The highest BCUT2D eigenvalue weighted by Gasteiger charge is 2.53. The van der Waals surface area contributed by atoms with E-state index in [0.717, 1.165) is 24.3 Å². The summed E-state index contributed by atoms with van der Waals surface area (Å²) in [6.45, 7) is 0. The number of aliphatic hydroxyl groups excluding tert-OH is 2. The van der Waals surface area contributed by atoms with Gasteiger partial charge in [0.25, 0.3) is 5.91 Å². The van der Waals surface area contributed by atoms with Gasteiger partial charge >= 0.3 is 0 Å². The third-order valence-electron chi connectivity index (χ3n) is 5.35. The third-order valence-corrected chi connectivity index (χ3v) is 5.35. The minimum atomic E-state index is -1.24. The molecule has 32 heavy (non-hydrogen) atoms. The molecule has 0 bridgehead atoms. The van der Waals surface area contributed by atoms with Crippen molar-refractivity contribution in [1.29, 1.82) is 0 Å². The van der Waals surface area contributed by atoms with E-state index < -0.39 is 47.7 Å². The standard InChI is InChI=1S/C23H20F3N3O3/c24-14-6-8-17(9-7-14)29(18-11-15(25)10-16(26)12-18)20-21(30)19(22(20)31)27-28-23(32)13-4-2-1-3-5-13/h1-12,19-22,27,30-31H,(H,28,32). The molecule has 3 aromatic rings. The molecule has 166 valence electrons. The van der Waals surface area contributed by atoms with Crippen molar-refractivity contribution in [1.82, 2.24) is 10.9 Å². The first kappa shape index (κ1) is 21.8. The molecule has 4 rings (SSSR count). The molecule has 1 amide bonds. The molecule has 9 heteroatoms. The van der Waals surface area contributed by atoms with E-state index in [2.05, 4.69) is 10.9 Å². The number of benzene rings is 3. The molecule has 0 radical (unpaired) electrons. The molecule has 1 fully saturated rings. The highest BCUT2D eigenvalue weighted by atomic mass is 19.1. The zero-order valence-corrected chi connectivity index (χ0v) is 16.6. The topological polar surface area (TPSA) is 84.8 Å². The SMILES string of the molecule is O=C(NNC1C(O)C(N(c2ccc(F)cc2)c2cc(F)cc(F)c2)C1O)c1ccccc1. The molecule has 2 atom stereocenters. The first-order valence-corrected chi connectivity index (χ1v) is 9.83. The predicted octanol–water partition coefficient (Wildman–Crippen LogP) is 2.65. The Hall–Kier alpha value is -3.40. The summed E-state index contributed by atoms with van der Waals surface area (Å²) in [5.41, 5.74) is 5.75. The average Bonchev–Trinajstić information content (AvgIpc) is 2.78. The maximum absolute atomic E-state index is 13.9. The third kappa shape index (κ3) is 4.31. The average molecular weight is 443 g/mol. The lowest BCUT2D eigenvalue weighted by atomic mass is 9.78. The van der Waals surface area contributed by atoms with Gasteiger partial charge in [0.2, 0.25) is 0 Å². The molecule has 1 saturated carbocycles. The van der Waals surface area contributed by atoms with Gasteiger partial charge in [0.1, 0.15) is 17.5 Å². The van der Waals surface area contributed by atoms with Crippen LogP contribution in [0.1, 0.15) is 10.4 Å². The van der Waals surface area contributed by atoms with Gasteiger partial charge in [-0.05, 0) is 48.5 Å². The molecular weight excluding hydrogens is 423 g/mol. The Bertz CT molecular complexity index is 1070. The van der Waals surface area contributed by atoms with Crippen LogP contribution in [-0.4, -0.2) is 40.4 Å². The van der Waals surface area contributed by atoms with E-state index in [0.29, 0.717) is 17.3 Å². The number of carbonyl (C=O) groups excluding carboxylic acids is 1. The number of aliphatic hydroxyl groups is 2. The monoisotopic (exact) mass is 443 g/mol. The second-order valence-electron chi connectivity index (χ2n) is 7.44. The van der Waals surface area contributed by atoms with Crippen molar-refractivity contribution in [3.63, 3.8) is 0 Å². The fourth-order valence-electron chi connectivity index (χ4n) is 3.74. The van der Waals surface area contributed by atoms with Crippen molar-refractivity contribution < 1.29 is 28.2 Å². The number of hydrogen-bond donors (Lipinski definition) is 4. The maximum atomic E-state index is 13.9. The Kier molecular flexibility index (Phi) is 6.13. The number of anilines is 2. The molecule has 1 aliphatic carbocycles. The van der Waals surface area contributed by atoms with Crippen molar-refractivity contribution in [2.75, 3.05) is 4.90 Å². The van der Waals surface area contributed by atoms with Crippen LogP contribution in [0.5, 0.6) is 0 Å². The lowest BCUT2D eigenvalue weighted by Gasteiger charge is -2.52. The minimum absolute atomic E-state index is 0.0315. The molecule has 0 aromatic heterocycles. The van der Waals surface area contributed by atoms with E-state index in [9.17, 15) is 28.2 Å². The largest absolute Gasteiger partial charge is 0.389 e. The normalized spacial score (nSPS) is 22.2. The molecule has 6 nitrogen and oxygen atoms in total. The Morgan fingerprint density at radius 1 is 0.781 bits per heavy atom. The number of hydrazine groups is 1. The number of halogens is 3. The van der Waals surface area contributed by atoms with Gasteiger partial charge in [-0.3, -0.25) is 10.2 Å². The summed E-state index contributed by atoms with van der Waals surface area (Å²) in [5, 5.41) is 21.5. The highest BCUT2D eigenvalue weighted by Crippen LogP contribution is 2.37.